The highest BCUT2D eigenvalue weighted by Crippen LogP contribution is 2.25. The third-order valence-electron chi connectivity index (χ3n) is 3.71. The molecule has 0 amide bonds. The number of methoxy groups -OCH3 is 1. The second kappa shape index (κ2) is 11.9. The molecule has 0 saturated carbocycles. The summed E-state index contributed by atoms with van der Waals surface area (Å²) in [5, 5.41) is 26.6. The maximum absolute atomic E-state index is 9.04. The normalized spacial score (nSPS) is 12.1. The molecule has 6 nitrogen and oxygen atoms in total. The zero-order chi connectivity index (χ0) is 20.2. The first-order valence-corrected chi connectivity index (χ1v) is 8.67. The smallest absolute Gasteiger partial charge is 0.157 e. The van der Waals surface area contributed by atoms with E-state index in [1.54, 1.807) is 13.2 Å². The van der Waals surface area contributed by atoms with Gasteiger partial charge in [0.25, 0.3) is 0 Å². The quantitative estimate of drug-likeness (QED) is 0.334. The zero-order valence-electron chi connectivity index (χ0n) is 16.8. The van der Waals surface area contributed by atoms with Gasteiger partial charge in [0.2, 0.25) is 0 Å². The fraction of sp³-hybridized carbons (Fsp3) is 0.600. The lowest BCUT2D eigenvalue weighted by molar-refractivity contribution is -0.316. The zero-order valence-corrected chi connectivity index (χ0v) is 16.8. The molecule has 1 aromatic rings. The van der Waals surface area contributed by atoms with E-state index >= 15 is 0 Å². The van der Waals surface area contributed by atoms with E-state index in [4.69, 9.17) is 24.9 Å². The summed E-state index contributed by atoms with van der Waals surface area (Å²) < 4.78 is 10.7. The molecule has 0 aromatic heterocycles. The van der Waals surface area contributed by atoms with Crippen LogP contribution in [0.15, 0.2) is 24.3 Å². The summed E-state index contributed by atoms with van der Waals surface area (Å²) in [7, 11) is 1.68. The Morgan fingerprint density at radius 3 is 2.08 bits per heavy atom. The molecule has 0 spiro atoms. The Labute approximate surface area is 157 Å². The molecule has 0 heterocycles. The van der Waals surface area contributed by atoms with Crippen molar-refractivity contribution in [2.45, 2.75) is 58.7 Å². The number of benzene rings is 1. The van der Waals surface area contributed by atoms with Crippen LogP contribution >= 0.6 is 0 Å². The maximum Gasteiger partial charge on any atom is 0.157 e. The van der Waals surface area contributed by atoms with E-state index in [1.165, 1.54) is 12.1 Å². The highest BCUT2D eigenvalue weighted by molar-refractivity contribution is 5.54. The maximum atomic E-state index is 9.04. The minimum absolute atomic E-state index is 0.0828. The monoisotopic (exact) mass is 370 g/mol. The molecular formula is C20H34O6. The van der Waals surface area contributed by atoms with Crippen molar-refractivity contribution >= 4 is 6.08 Å². The molecule has 0 aliphatic heterocycles. The highest BCUT2D eigenvalue weighted by atomic mass is 17.1. The average Bonchev–Trinajstić information content (AvgIpc) is 2.57. The molecule has 150 valence electrons. The second-order valence-electron chi connectivity index (χ2n) is 7.20. The van der Waals surface area contributed by atoms with E-state index < -0.39 is 5.60 Å². The first kappa shape index (κ1) is 24.4. The van der Waals surface area contributed by atoms with Crippen molar-refractivity contribution in [2.24, 2.45) is 0 Å². The SMILES string of the molecule is C/C=C/c1ccc(O)c(O)c1.COCCC(C)(C)OCCC(C)(C)OO. The number of ether oxygens (including phenoxy) is 2. The fourth-order valence-corrected chi connectivity index (χ4v) is 1.88. The number of rotatable bonds is 9. The molecule has 0 radical (unpaired) electrons. The van der Waals surface area contributed by atoms with Gasteiger partial charge in [0.15, 0.2) is 11.5 Å². The molecule has 0 aliphatic carbocycles. The molecule has 1 aromatic carbocycles. The summed E-state index contributed by atoms with van der Waals surface area (Å²) in [6, 6.07) is 4.70. The minimum Gasteiger partial charge on any atom is -0.504 e. The van der Waals surface area contributed by atoms with Crippen molar-refractivity contribution in [2.75, 3.05) is 20.3 Å². The molecule has 3 N–H and O–H groups in total. The van der Waals surface area contributed by atoms with Gasteiger partial charge in [-0.25, -0.2) is 4.89 Å². The van der Waals surface area contributed by atoms with Gasteiger partial charge in [0, 0.05) is 20.1 Å². The van der Waals surface area contributed by atoms with Crippen LogP contribution < -0.4 is 0 Å². The number of phenols is 2. The van der Waals surface area contributed by atoms with Crippen LogP contribution in [0.1, 0.15) is 53.0 Å². The Morgan fingerprint density at radius 2 is 1.58 bits per heavy atom. The lowest BCUT2D eigenvalue weighted by atomic mass is 10.0. The third kappa shape index (κ3) is 11.1. The molecule has 0 aliphatic rings. The summed E-state index contributed by atoms with van der Waals surface area (Å²) in [5.74, 6) is -0.168. The van der Waals surface area contributed by atoms with Gasteiger partial charge in [0.05, 0.1) is 17.8 Å². The van der Waals surface area contributed by atoms with Crippen LogP contribution in [0.3, 0.4) is 0 Å². The lowest BCUT2D eigenvalue weighted by Gasteiger charge is -2.27. The van der Waals surface area contributed by atoms with Gasteiger partial charge in [-0.3, -0.25) is 5.26 Å². The van der Waals surface area contributed by atoms with E-state index in [0.717, 1.165) is 12.0 Å². The Bertz CT molecular complexity index is 537. The van der Waals surface area contributed by atoms with Crippen molar-refractivity contribution in [3.05, 3.63) is 29.8 Å². The van der Waals surface area contributed by atoms with Gasteiger partial charge in [-0.1, -0.05) is 18.2 Å². The van der Waals surface area contributed by atoms with E-state index in [0.29, 0.717) is 19.6 Å². The van der Waals surface area contributed by atoms with Gasteiger partial charge < -0.3 is 19.7 Å². The molecule has 6 heteroatoms. The number of phenolic OH excluding ortho intramolecular Hbond substituents is 2. The van der Waals surface area contributed by atoms with Crippen LogP contribution in [-0.4, -0.2) is 47.0 Å². The van der Waals surface area contributed by atoms with Crippen LogP contribution in [0.2, 0.25) is 0 Å². The highest BCUT2D eigenvalue weighted by Gasteiger charge is 2.22. The van der Waals surface area contributed by atoms with E-state index in [1.807, 2.05) is 46.8 Å². The molecule has 26 heavy (non-hydrogen) atoms. The second-order valence-corrected chi connectivity index (χ2v) is 7.20. The Balaban J connectivity index is 0.000000502. The topological polar surface area (TPSA) is 88.4 Å². The number of hydrogen-bond donors (Lipinski definition) is 3. The van der Waals surface area contributed by atoms with Gasteiger partial charge in [-0.2, -0.15) is 0 Å². The lowest BCUT2D eigenvalue weighted by Crippen LogP contribution is -2.31. The van der Waals surface area contributed by atoms with Crippen LogP contribution in [0.25, 0.3) is 6.08 Å². The van der Waals surface area contributed by atoms with Crippen molar-refractivity contribution in [3.63, 3.8) is 0 Å². The third-order valence-corrected chi connectivity index (χ3v) is 3.71. The summed E-state index contributed by atoms with van der Waals surface area (Å²) in [6.07, 6.45) is 5.22. The molecule has 0 unspecified atom stereocenters. The Kier molecular flexibility index (Phi) is 11.2. The van der Waals surface area contributed by atoms with Crippen molar-refractivity contribution in [1.82, 2.24) is 0 Å². The average molecular weight is 370 g/mol. The predicted molar refractivity (Wildman–Crippen MR) is 103 cm³/mol. The van der Waals surface area contributed by atoms with Crippen LogP contribution in [0.5, 0.6) is 11.5 Å². The predicted octanol–water partition coefficient (Wildman–Crippen LogP) is 4.61. The van der Waals surface area contributed by atoms with Crippen LogP contribution in [0.4, 0.5) is 0 Å². The summed E-state index contributed by atoms with van der Waals surface area (Å²) in [5.41, 5.74) is 0.140. The largest absolute Gasteiger partial charge is 0.504 e. The van der Waals surface area contributed by atoms with Crippen molar-refractivity contribution in [3.8, 4) is 11.5 Å². The summed E-state index contributed by atoms with van der Waals surface area (Å²) in [6.45, 7) is 10.8. The first-order valence-electron chi connectivity index (χ1n) is 8.67. The van der Waals surface area contributed by atoms with E-state index in [9.17, 15) is 0 Å². The summed E-state index contributed by atoms with van der Waals surface area (Å²) in [4.78, 5) is 4.33. The molecule has 1 rings (SSSR count). The van der Waals surface area contributed by atoms with Crippen LogP contribution in [0, 0.1) is 0 Å². The fourth-order valence-electron chi connectivity index (χ4n) is 1.88. The van der Waals surface area contributed by atoms with Crippen molar-refractivity contribution in [1.29, 1.82) is 0 Å². The van der Waals surface area contributed by atoms with Crippen molar-refractivity contribution < 1.29 is 29.8 Å². The van der Waals surface area contributed by atoms with Gasteiger partial charge in [-0.05, 0) is 58.7 Å². The minimum atomic E-state index is -0.544. The van der Waals surface area contributed by atoms with E-state index in [-0.39, 0.29) is 17.1 Å². The molecule has 0 bridgehead atoms. The number of allylic oxidation sites excluding steroid dienone is 1. The molecule has 0 atom stereocenters. The number of aromatic hydroxyl groups is 2. The number of hydrogen-bond acceptors (Lipinski definition) is 6. The molecular weight excluding hydrogens is 336 g/mol. The van der Waals surface area contributed by atoms with Gasteiger partial charge in [0.1, 0.15) is 0 Å². The van der Waals surface area contributed by atoms with Crippen LogP contribution in [-0.2, 0) is 14.4 Å². The Morgan fingerprint density at radius 1 is 0.962 bits per heavy atom. The molecule has 0 saturated heterocycles. The summed E-state index contributed by atoms with van der Waals surface area (Å²) >= 11 is 0. The van der Waals surface area contributed by atoms with Gasteiger partial charge in [-0.15, -0.1) is 0 Å². The van der Waals surface area contributed by atoms with Gasteiger partial charge >= 0.3 is 0 Å². The molecule has 0 fully saturated rings. The standard InChI is InChI=1S/C11H24O4.C9H10O2/c1-10(2,6-8-13-5)14-9-7-11(3,4)15-12;1-2-3-7-4-5-8(10)9(11)6-7/h12H,6-9H2,1-5H3;2-6,10-11H,1H3/b;3-2+. The Hall–Kier alpha value is -1.60. The van der Waals surface area contributed by atoms with E-state index in [2.05, 4.69) is 4.89 Å². The first-order chi connectivity index (χ1) is 12.1.